The first kappa shape index (κ1) is 8.24. The number of Topliss-reactive ketones (excluding diaryl/α,β-unsaturated/α-hetero) is 1. The van der Waals surface area contributed by atoms with Crippen LogP contribution >= 0.6 is 0 Å². The van der Waals surface area contributed by atoms with Crippen LogP contribution < -0.4 is 5.32 Å². The van der Waals surface area contributed by atoms with Gasteiger partial charge < -0.3 is 5.32 Å². The van der Waals surface area contributed by atoms with Crippen LogP contribution in [0.1, 0.15) is 38.5 Å². The Morgan fingerprint density at radius 2 is 2.08 bits per heavy atom. The second-order valence-electron chi connectivity index (χ2n) is 4.02. The molecule has 2 fully saturated rings. The highest BCUT2D eigenvalue weighted by molar-refractivity contribution is 5.82. The molecular weight excluding hydrogens is 150 g/mol. The van der Waals surface area contributed by atoms with Crippen molar-refractivity contribution >= 4 is 5.78 Å². The Kier molecular flexibility index (Phi) is 2.45. The van der Waals surface area contributed by atoms with E-state index in [1.807, 2.05) is 0 Å². The molecule has 1 saturated carbocycles. The van der Waals surface area contributed by atoms with E-state index in [1.165, 1.54) is 19.3 Å². The molecule has 0 unspecified atom stereocenters. The van der Waals surface area contributed by atoms with Crippen molar-refractivity contribution in [1.82, 2.24) is 5.32 Å². The van der Waals surface area contributed by atoms with Crippen molar-refractivity contribution in [2.24, 2.45) is 5.92 Å². The fraction of sp³-hybridized carbons (Fsp3) is 0.900. The zero-order valence-corrected chi connectivity index (χ0v) is 7.51. The summed E-state index contributed by atoms with van der Waals surface area (Å²) >= 11 is 0. The fourth-order valence-electron chi connectivity index (χ4n) is 2.49. The maximum Gasteiger partial charge on any atom is 0.137 e. The summed E-state index contributed by atoms with van der Waals surface area (Å²) in [6.45, 7) is 1.12. The molecule has 0 bridgehead atoms. The van der Waals surface area contributed by atoms with E-state index >= 15 is 0 Å². The molecule has 0 aromatic heterocycles. The van der Waals surface area contributed by atoms with Crippen molar-refractivity contribution in [2.75, 3.05) is 6.54 Å². The van der Waals surface area contributed by atoms with E-state index in [-0.39, 0.29) is 0 Å². The van der Waals surface area contributed by atoms with E-state index < -0.39 is 0 Å². The summed E-state index contributed by atoms with van der Waals surface area (Å²) < 4.78 is 0. The molecule has 2 heteroatoms. The van der Waals surface area contributed by atoms with Crippen LogP contribution in [0.3, 0.4) is 0 Å². The van der Waals surface area contributed by atoms with E-state index in [9.17, 15) is 4.79 Å². The number of hydrogen-bond acceptors (Lipinski definition) is 2. The predicted molar refractivity (Wildman–Crippen MR) is 48.0 cm³/mol. The van der Waals surface area contributed by atoms with Crippen molar-refractivity contribution in [3.05, 3.63) is 0 Å². The van der Waals surface area contributed by atoms with Gasteiger partial charge in [-0.3, -0.25) is 4.79 Å². The Hall–Kier alpha value is -0.370. The van der Waals surface area contributed by atoms with Gasteiger partial charge in [-0.2, -0.15) is 0 Å². The molecule has 2 atom stereocenters. The molecule has 1 aliphatic heterocycles. The molecule has 0 aromatic rings. The van der Waals surface area contributed by atoms with Crippen LogP contribution in [-0.2, 0) is 4.79 Å². The average Bonchev–Trinajstić information content (AvgIpc) is 2.57. The van der Waals surface area contributed by atoms with Crippen LogP contribution in [0, 0.1) is 5.92 Å². The molecule has 12 heavy (non-hydrogen) atoms. The van der Waals surface area contributed by atoms with Gasteiger partial charge >= 0.3 is 0 Å². The molecule has 1 N–H and O–H groups in total. The average molecular weight is 167 g/mol. The highest BCUT2D eigenvalue weighted by Gasteiger charge is 2.31. The lowest BCUT2D eigenvalue weighted by molar-refractivity contribution is -0.125. The molecule has 68 valence electrons. The minimum atomic E-state index is 0.362. The summed E-state index contributed by atoms with van der Waals surface area (Å²) in [4.78, 5) is 11.5. The Balaban J connectivity index is 1.95. The fourth-order valence-corrected chi connectivity index (χ4v) is 2.49. The van der Waals surface area contributed by atoms with Gasteiger partial charge in [0.1, 0.15) is 5.78 Å². The third-order valence-electron chi connectivity index (χ3n) is 3.19. The molecule has 0 amide bonds. The first-order chi connectivity index (χ1) is 5.88. The van der Waals surface area contributed by atoms with Crippen molar-refractivity contribution in [1.29, 1.82) is 0 Å². The van der Waals surface area contributed by atoms with Crippen LogP contribution in [0.5, 0.6) is 0 Å². The summed E-state index contributed by atoms with van der Waals surface area (Å²) in [6, 6.07) is 0.526. The van der Waals surface area contributed by atoms with Crippen LogP contribution in [0.25, 0.3) is 0 Å². The van der Waals surface area contributed by atoms with Crippen LogP contribution in [0.15, 0.2) is 0 Å². The number of carbonyl (C=O) groups excluding carboxylic acids is 1. The quantitative estimate of drug-likeness (QED) is 0.641. The zero-order chi connectivity index (χ0) is 8.39. The van der Waals surface area contributed by atoms with Crippen LogP contribution in [-0.4, -0.2) is 18.4 Å². The molecule has 2 aliphatic rings. The van der Waals surface area contributed by atoms with E-state index in [4.69, 9.17) is 0 Å². The van der Waals surface area contributed by atoms with Crippen LogP contribution in [0.2, 0.25) is 0 Å². The van der Waals surface area contributed by atoms with Gasteiger partial charge in [0.2, 0.25) is 0 Å². The summed E-state index contributed by atoms with van der Waals surface area (Å²) in [5.74, 6) is 0.877. The topological polar surface area (TPSA) is 29.1 Å². The second kappa shape index (κ2) is 3.56. The van der Waals surface area contributed by atoms with Crippen LogP contribution in [0.4, 0.5) is 0 Å². The molecule has 2 nitrogen and oxygen atoms in total. The Morgan fingerprint density at radius 3 is 2.75 bits per heavy atom. The van der Waals surface area contributed by atoms with Gasteiger partial charge in [-0.05, 0) is 32.2 Å². The number of nitrogens with one attached hydrogen (secondary N) is 1. The molecule has 1 saturated heterocycles. The maximum atomic E-state index is 11.5. The normalized spacial score (nSPS) is 37.2. The van der Waals surface area contributed by atoms with E-state index in [1.54, 1.807) is 0 Å². The predicted octanol–water partition coefficient (Wildman–Crippen LogP) is 1.50. The van der Waals surface area contributed by atoms with Gasteiger partial charge in [0.25, 0.3) is 0 Å². The first-order valence-corrected chi connectivity index (χ1v) is 5.14. The SMILES string of the molecule is O=C1CCCC[C@H]1[C@H]1CCCN1. The molecule has 0 spiro atoms. The van der Waals surface area contributed by atoms with Gasteiger partial charge in [0, 0.05) is 18.4 Å². The van der Waals surface area contributed by atoms with Crippen molar-refractivity contribution < 1.29 is 4.79 Å². The molecule has 0 aromatic carbocycles. The smallest absolute Gasteiger partial charge is 0.137 e. The number of rotatable bonds is 1. The van der Waals surface area contributed by atoms with Crippen molar-refractivity contribution in [2.45, 2.75) is 44.6 Å². The van der Waals surface area contributed by atoms with E-state index in [0.29, 0.717) is 17.7 Å². The minimum Gasteiger partial charge on any atom is -0.313 e. The van der Waals surface area contributed by atoms with Gasteiger partial charge in [-0.1, -0.05) is 6.42 Å². The highest BCUT2D eigenvalue weighted by atomic mass is 16.1. The van der Waals surface area contributed by atoms with Gasteiger partial charge in [-0.25, -0.2) is 0 Å². The highest BCUT2D eigenvalue weighted by Crippen LogP contribution is 2.27. The molecule has 1 aliphatic carbocycles. The van der Waals surface area contributed by atoms with Crippen molar-refractivity contribution in [3.8, 4) is 0 Å². The monoisotopic (exact) mass is 167 g/mol. The standard InChI is InChI=1S/C10H17NO/c12-10-6-2-1-4-8(10)9-5-3-7-11-9/h8-9,11H,1-7H2/t8-,9+/m0/s1. The lowest BCUT2D eigenvalue weighted by Gasteiger charge is -2.25. The molecule has 1 heterocycles. The zero-order valence-electron chi connectivity index (χ0n) is 7.51. The molecule has 2 rings (SSSR count). The Morgan fingerprint density at radius 1 is 1.17 bits per heavy atom. The summed E-state index contributed by atoms with van der Waals surface area (Å²) in [5, 5.41) is 3.44. The first-order valence-electron chi connectivity index (χ1n) is 5.14. The second-order valence-corrected chi connectivity index (χ2v) is 4.02. The maximum absolute atomic E-state index is 11.5. The third-order valence-corrected chi connectivity index (χ3v) is 3.19. The third kappa shape index (κ3) is 1.53. The number of hydrogen-bond donors (Lipinski definition) is 1. The largest absolute Gasteiger partial charge is 0.313 e. The van der Waals surface area contributed by atoms with Crippen molar-refractivity contribution in [3.63, 3.8) is 0 Å². The Bertz CT molecular complexity index is 173. The summed E-state index contributed by atoms with van der Waals surface area (Å²) in [5.41, 5.74) is 0. The van der Waals surface area contributed by atoms with Gasteiger partial charge in [0.15, 0.2) is 0 Å². The summed E-state index contributed by atoms with van der Waals surface area (Å²) in [7, 11) is 0. The molecule has 0 radical (unpaired) electrons. The van der Waals surface area contributed by atoms with Gasteiger partial charge in [-0.15, -0.1) is 0 Å². The number of carbonyl (C=O) groups is 1. The van der Waals surface area contributed by atoms with E-state index in [2.05, 4.69) is 5.32 Å². The van der Waals surface area contributed by atoms with E-state index in [0.717, 1.165) is 25.8 Å². The lowest BCUT2D eigenvalue weighted by atomic mass is 9.82. The minimum absolute atomic E-state index is 0.362. The Labute approximate surface area is 73.7 Å². The lowest BCUT2D eigenvalue weighted by Crippen LogP contribution is -2.37. The summed E-state index contributed by atoms with van der Waals surface area (Å²) in [6.07, 6.45) is 6.83. The number of ketones is 1. The molecular formula is C10H17NO. The van der Waals surface area contributed by atoms with Gasteiger partial charge in [0.05, 0.1) is 0 Å².